The van der Waals surface area contributed by atoms with Gasteiger partial charge in [0.25, 0.3) is 5.78 Å². The molecule has 0 fully saturated rings. The average Bonchev–Trinajstić information content (AvgIpc) is 2.86. The van der Waals surface area contributed by atoms with E-state index in [0.717, 1.165) is 22.5 Å². The van der Waals surface area contributed by atoms with Crippen LogP contribution in [0.25, 0.3) is 10.4 Å². The van der Waals surface area contributed by atoms with E-state index in [1.807, 2.05) is 0 Å². The normalized spacial score (nSPS) is 11.6. The third-order valence-corrected chi connectivity index (χ3v) is 3.69. The molecular formula is C13H10F3NOS. The Labute approximate surface area is 111 Å². The lowest BCUT2D eigenvalue weighted by Crippen LogP contribution is -2.21. The Bertz CT molecular complexity index is 587. The zero-order valence-corrected chi connectivity index (χ0v) is 10.5. The van der Waals surface area contributed by atoms with Crippen LogP contribution in [-0.2, 0) is 6.54 Å². The number of rotatable bonds is 3. The maximum Gasteiger partial charge on any atom is 0.455 e. The number of hydrogen-bond donors (Lipinski definition) is 1. The van der Waals surface area contributed by atoms with Crippen molar-refractivity contribution >= 4 is 17.1 Å². The molecule has 0 radical (unpaired) electrons. The first-order valence-corrected chi connectivity index (χ1v) is 6.24. The molecule has 0 aliphatic rings. The number of carbonyl (C=O) groups is 1. The quantitative estimate of drug-likeness (QED) is 0.875. The van der Waals surface area contributed by atoms with E-state index in [0.29, 0.717) is 11.4 Å². The van der Waals surface area contributed by atoms with Crippen molar-refractivity contribution < 1.29 is 18.0 Å². The zero-order chi connectivity index (χ0) is 14.0. The smallest absolute Gasteiger partial charge is 0.326 e. The summed E-state index contributed by atoms with van der Waals surface area (Å²) in [4.78, 5) is 11.4. The van der Waals surface area contributed by atoms with Gasteiger partial charge in [-0.1, -0.05) is 24.3 Å². The molecule has 1 aromatic carbocycles. The van der Waals surface area contributed by atoms with Crippen LogP contribution in [-0.4, -0.2) is 12.0 Å². The number of carbonyl (C=O) groups excluding carboxylic acids is 1. The van der Waals surface area contributed by atoms with E-state index in [-0.39, 0.29) is 4.88 Å². The molecule has 0 saturated carbocycles. The van der Waals surface area contributed by atoms with Gasteiger partial charge in [-0.05, 0) is 23.3 Å². The van der Waals surface area contributed by atoms with Crippen LogP contribution >= 0.6 is 11.3 Å². The van der Waals surface area contributed by atoms with Crippen LogP contribution in [0.15, 0.2) is 36.4 Å². The summed E-state index contributed by atoms with van der Waals surface area (Å²) in [5.41, 5.74) is 7.17. The van der Waals surface area contributed by atoms with Crippen molar-refractivity contribution in [2.45, 2.75) is 12.7 Å². The van der Waals surface area contributed by atoms with Crippen molar-refractivity contribution in [3.63, 3.8) is 0 Å². The highest BCUT2D eigenvalue weighted by atomic mass is 32.1. The minimum atomic E-state index is -4.83. The number of thiophene rings is 1. The predicted molar refractivity (Wildman–Crippen MR) is 68.0 cm³/mol. The molecule has 2 aromatic rings. The van der Waals surface area contributed by atoms with Gasteiger partial charge in [-0.3, -0.25) is 4.79 Å². The molecule has 0 unspecified atom stereocenters. The van der Waals surface area contributed by atoms with Crippen LogP contribution in [0.1, 0.15) is 15.2 Å². The van der Waals surface area contributed by atoms with Crippen molar-refractivity contribution in [2.24, 2.45) is 5.73 Å². The fraction of sp³-hybridized carbons (Fsp3) is 0.154. The molecule has 6 heteroatoms. The Morgan fingerprint density at radius 2 is 1.74 bits per heavy atom. The van der Waals surface area contributed by atoms with Gasteiger partial charge in [-0.2, -0.15) is 13.2 Å². The van der Waals surface area contributed by atoms with Crippen molar-refractivity contribution in [1.82, 2.24) is 0 Å². The van der Waals surface area contributed by atoms with Crippen LogP contribution in [0.3, 0.4) is 0 Å². The average molecular weight is 285 g/mol. The minimum absolute atomic E-state index is 0.301. The molecule has 2 N–H and O–H groups in total. The van der Waals surface area contributed by atoms with Crippen LogP contribution in [0.2, 0.25) is 0 Å². The number of ketones is 1. The van der Waals surface area contributed by atoms with Gasteiger partial charge in [0, 0.05) is 11.4 Å². The van der Waals surface area contributed by atoms with Gasteiger partial charge in [0.2, 0.25) is 0 Å². The molecule has 2 rings (SSSR count). The number of alkyl halides is 3. The minimum Gasteiger partial charge on any atom is -0.326 e. The van der Waals surface area contributed by atoms with E-state index in [2.05, 4.69) is 0 Å². The number of nitrogens with two attached hydrogens (primary N) is 1. The molecule has 1 heterocycles. The summed E-state index contributed by atoms with van der Waals surface area (Å²) in [6.07, 6.45) is -4.83. The maximum atomic E-state index is 12.3. The highest BCUT2D eigenvalue weighted by molar-refractivity contribution is 7.17. The van der Waals surface area contributed by atoms with Crippen molar-refractivity contribution in [3.8, 4) is 10.4 Å². The number of Topliss-reactive ketones (excluding diaryl/α,β-unsaturated/α-hetero) is 1. The van der Waals surface area contributed by atoms with Gasteiger partial charge < -0.3 is 5.73 Å². The molecule has 100 valence electrons. The topological polar surface area (TPSA) is 43.1 Å². The molecule has 1 aromatic heterocycles. The summed E-state index contributed by atoms with van der Waals surface area (Å²) in [5, 5.41) is 0. The van der Waals surface area contributed by atoms with Crippen LogP contribution in [0.4, 0.5) is 13.2 Å². The number of hydrogen-bond acceptors (Lipinski definition) is 3. The summed E-state index contributed by atoms with van der Waals surface area (Å²) in [6, 6.07) is 9.88. The molecule has 0 aliphatic carbocycles. The van der Waals surface area contributed by atoms with E-state index in [1.165, 1.54) is 12.1 Å². The molecule has 0 spiro atoms. The van der Waals surface area contributed by atoms with Gasteiger partial charge in [0.1, 0.15) is 0 Å². The van der Waals surface area contributed by atoms with Crippen molar-refractivity contribution in [3.05, 3.63) is 46.8 Å². The van der Waals surface area contributed by atoms with E-state index >= 15 is 0 Å². The summed E-state index contributed by atoms with van der Waals surface area (Å²) >= 11 is 0.834. The molecule has 0 atom stereocenters. The number of benzene rings is 1. The Morgan fingerprint density at radius 3 is 2.26 bits per heavy atom. The standard InChI is InChI=1S/C13H10F3NOS/c14-13(15,16)12(18)11-6-5-10(19-11)9-3-1-8(7-17)2-4-9/h1-6H,7,17H2. The highest BCUT2D eigenvalue weighted by Crippen LogP contribution is 2.32. The Balaban J connectivity index is 2.28. The Hall–Kier alpha value is -1.66. The van der Waals surface area contributed by atoms with Crippen molar-refractivity contribution in [1.29, 1.82) is 0 Å². The molecule has 19 heavy (non-hydrogen) atoms. The fourth-order valence-corrected chi connectivity index (χ4v) is 2.53. The lowest BCUT2D eigenvalue weighted by molar-refractivity contribution is -0.0882. The van der Waals surface area contributed by atoms with Crippen molar-refractivity contribution in [2.75, 3.05) is 0 Å². The monoisotopic (exact) mass is 285 g/mol. The largest absolute Gasteiger partial charge is 0.455 e. The lowest BCUT2D eigenvalue weighted by Gasteiger charge is -2.02. The Kier molecular flexibility index (Phi) is 3.73. The third-order valence-electron chi connectivity index (χ3n) is 2.56. The van der Waals surface area contributed by atoms with E-state index in [4.69, 9.17) is 5.73 Å². The second-order valence-electron chi connectivity index (χ2n) is 3.89. The molecular weight excluding hydrogens is 275 g/mol. The summed E-state index contributed by atoms with van der Waals surface area (Å²) in [7, 11) is 0. The maximum absolute atomic E-state index is 12.3. The van der Waals surface area contributed by atoms with E-state index < -0.39 is 12.0 Å². The van der Waals surface area contributed by atoms with Gasteiger partial charge in [0.05, 0.1) is 4.88 Å². The van der Waals surface area contributed by atoms with Gasteiger partial charge in [0.15, 0.2) is 0 Å². The predicted octanol–water partition coefficient (Wildman–Crippen LogP) is 3.62. The lowest BCUT2D eigenvalue weighted by atomic mass is 10.1. The molecule has 0 amide bonds. The fourth-order valence-electron chi connectivity index (χ4n) is 1.56. The second-order valence-corrected chi connectivity index (χ2v) is 4.98. The first-order chi connectivity index (χ1) is 8.91. The summed E-state index contributed by atoms with van der Waals surface area (Å²) in [6.45, 7) is 0.405. The summed E-state index contributed by atoms with van der Waals surface area (Å²) < 4.78 is 36.9. The van der Waals surface area contributed by atoms with Crippen LogP contribution in [0.5, 0.6) is 0 Å². The first-order valence-electron chi connectivity index (χ1n) is 5.42. The second kappa shape index (κ2) is 5.14. The highest BCUT2D eigenvalue weighted by Gasteiger charge is 2.40. The molecule has 2 nitrogen and oxygen atoms in total. The third kappa shape index (κ3) is 3.02. The molecule has 0 aliphatic heterocycles. The first kappa shape index (κ1) is 13.8. The van der Waals surface area contributed by atoms with Gasteiger partial charge in [-0.25, -0.2) is 0 Å². The van der Waals surface area contributed by atoms with E-state index in [9.17, 15) is 18.0 Å². The number of halogens is 3. The van der Waals surface area contributed by atoms with Crippen LogP contribution in [0, 0.1) is 0 Å². The van der Waals surface area contributed by atoms with Gasteiger partial charge >= 0.3 is 6.18 Å². The zero-order valence-electron chi connectivity index (χ0n) is 9.70. The van der Waals surface area contributed by atoms with Crippen LogP contribution < -0.4 is 5.73 Å². The van der Waals surface area contributed by atoms with E-state index in [1.54, 1.807) is 24.3 Å². The Morgan fingerprint density at radius 1 is 1.11 bits per heavy atom. The molecule has 0 saturated heterocycles. The van der Waals surface area contributed by atoms with Gasteiger partial charge in [-0.15, -0.1) is 11.3 Å². The SMILES string of the molecule is NCc1ccc(-c2ccc(C(=O)C(F)(F)F)s2)cc1. The summed E-state index contributed by atoms with van der Waals surface area (Å²) in [5.74, 6) is -1.80. The molecule has 0 bridgehead atoms.